The molecule has 0 aliphatic rings. The van der Waals surface area contributed by atoms with Crippen LogP contribution >= 0.6 is 0 Å². The smallest absolute Gasteiger partial charge is 0.182 e. The normalized spacial score (nSPS) is 11.5. The van der Waals surface area contributed by atoms with E-state index in [2.05, 4.69) is 0 Å². The number of aliphatic hydroxyl groups is 4. The highest BCUT2D eigenvalue weighted by molar-refractivity contribution is 5.50. The largest absolute Gasteiger partial charge is 0.507 e. The van der Waals surface area contributed by atoms with Crippen molar-refractivity contribution in [3.8, 4) is 5.75 Å². The second-order valence-electron chi connectivity index (χ2n) is 3.42. The Hall–Kier alpha value is -1.14. The van der Waals surface area contributed by atoms with E-state index in [4.69, 9.17) is 20.4 Å². The molecule has 0 bridgehead atoms. The van der Waals surface area contributed by atoms with Crippen LogP contribution in [0, 0.1) is 13.8 Å². The van der Waals surface area contributed by atoms with Crippen molar-refractivity contribution >= 4 is 0 Å². The average molecular weight is 214 g/mol. The van der Waals surface area contributed by atoms with E-state index in [-0.39, 0.29) is 11.1 Å². The molecule has 0 saturated carbocycles. The van der Waals surface area contributed by atoms with Crippen LogP contribution in [-0.2, 0) is 0 Å². The maximum Gasteiger partial charge on any atom is 0.182 e. The highest BCUT2D eigenvalue weighted by atomic mass is 16.5. The minimum atomic E-state index is -1.85. The van der Waals surface area contributed by atoms with Gasteiger partial charge in [-0.1, -0.05) is 0 Å². The number of aryl methyl sites for hydroxylation is 1. The van der Waals surface area contributed by atoms with Gasteiger partial charge in [-0.25, -0.2) is 0 Å². The molecule has 1 aromatic carbocycles. The summed E-state index contributed by atoms with van der Waals surface area (Å²) in [6, 6.07) is 1.39. The van der Waals surface area contributed by atoms with Crippen molar-refractivity contribution < 1.29 is 25.5 Å². The number of aromatic hydroxyl groups is 1. The van der Waals surface area contributed by atoms with Crippen LogP contribution < -0.4 is 0 Å². The van der Waals surface area contributed by atoms with Crippen molar-refractivity contribution in [3.05, 3.63) is 28.3 Å². The van der Waals surface area contributed by atoms with E-state index < -0.39 is 18.3 Å². The molecule has 0 radical (unpaired) electrons. The minimum Gasteiger partial charge on any atom is -0.507 e. The third-order valence-electron chi connectivity index (χ3n) is 2.43. The highest BCUT2D eigenvalue weighted by Crippen LogP contribution is 2.34. The van der Waals surface area contributed by atoms with Crippen molar-refractivity contribution in [2.45, 2.75) is 26.4 Å². The molecule has 84 valence electrons. The van der Waals surface area contributed by atoms with E-state index in [1.165, 1.54) is 6.07 Å². The molecule has 5 N–H and O–H groups in total. The van der Waals surface area contributed by atoms with E-state index in [1.54, 1.807) is 13.8 Å². The first-order valence-electron chi connectivity index (χ1n) is 4.41. The molecule has 15 heavy (non-hydrogen) atoms. The monoisotopic (exact) mass is 214 g/mol. The van der Waals surface area contributed by atoms with Crippen molar-refractivity contribution in [2.24, 2.45) is 0 Å². The third-order valence-corrected chi connectivity index (χ3v) is 2.43. The minimum absolute atomic E-state index is 0.0990. The van der Waals surface area contributed by atoms with Crippen LogP contribution in [0.1, 0.15) is 34.8 Å². The summed E-state index contributed by atoms with van der Waals surface area (Å²) in [4.78, 5) is 0. The van der Waals surface area contributed by atoms with Crippen LogP contribution in [0.3, 0.4) is 0 Å². The zero-order valence-electron chi connectivity index (χ0n) is 8.47. The Morgan fingerprint density at radius 3 is 1.93 bits per heavy atom. The van der Waals surface area contributed by atoms with Gasteiger partial charge in [0.1, 0.15) is 5.75 Å². The molecule has 0 unspecified atom stereocenters. The highest BCUT2D eigenvalue weighted by Gasteiger charge is 2.20. The summed E-state index contributed by atoms with van der Waals surface area (Å²) >= 11 is 0. The quantitative estimate of drug-likeness (QED) is 0.445. The van der Waals surface area contributed by atoms with Gasteiger partial charge in [0.05, 0.1) is 5.56 Å². The fourth-order valence-corrected chi connectivity index (χ4v) is 1.47. The summed E-state index contributed by atoms with van der Waals surface area (Å²) in [6.07, 6.45) is -3.69. The number of rotatable bonds is 2. The second-order valence-corrected chi connectivity index (χ2v) is 3.42. The molecule has 0 aliphatic carbocycles. The van der Waals surface area contributed by atoms with Crippen molar-refractivity contribution in [1.82, 2.24) is 0 Å². The average Bonchev–Trinajstić information content (AvgIpc) is 2.10. The van der Waals surface area contributed by atoms with E-state index in [1.807, 2.05) is 0 Å². The van der Waals surface area contributed by atoms with E-state index in [9.17, 15) is 5.11 Å². The van der Waals surface area contributed by atoms with Gasteiger partial charge in [0.25, 0.3) is 0 Å². The third kappa shape index (κ3) is 2.10. The van der Waals surface area contributed by atoms with Crippen molar-refractivity contribution in [2.75, 3.05) is 0 Å². The van der Waals surface area contributed by atoms with Gasteiger partial charge in [0.15, 0.2) is 12.6 Å². The van der Waals surface area contributed by atoms with Gasteiger partial charge in [-0.05, 0) is 31.0 Å². The van der Waals surface area contributed by atoms with Gasteiger partial charge in [0, 0.05) is 5.56 Å². The summed E-state index contributed by atoms with van der Waals surface area (Å²) in [6.45, 7) is 3.28. The Morgan fingerprint density at radius 1 is 1.00 bits per heavy atom. The van der Waals surface area contributed by atoms with Gasteiger partial charge >= 0.3 is 0 Å². The van der Waals surface area contributed by atoms with E-state index >= 15 is 0 Å². The number of hydrogen-bond donors (Lipinski definition) is 5. The number of hydrogen-bond acceptors (Lipinski definition) is 5. The molecule has 5 heteroatoms. The zero-order chi connectivity index (χ0) is 11.7. The summed E-state index contributed by atoms with van der Waals surface area (Å²) < 4.78 is 0. The van der Waals surface area contributed by atoms with E-state index in [0.717, 1.165) is 0 Å². The molecule has 1 aromatic rings. The van der Waals surface area contributed by atoms with E-state index in [0.29, 0.717) is 11.1 Å². The first-order chi connectivity index (χ1) is 6.86. The topological polar surface area (TPSA) is 101 Å². The second kappa shape index (κ2) is 4.16. The molecule has 0 fully saturated rings. The fourth-order valence-electron chi connectivity index (χ4n) is 1.47. The van der Waals surface area contributed by atoms with Gasteiger partial charge in [-0.2, -0.15) is 0 Å². The van der Waals surface area contributed by atoms with Crippen LogP contribution in [-0.4, -0.2) is 25.5 Å². The summed E-state index contributed by atoms with van der Waals surface area (Å²) in [5.74, 6) is -0.497. The summed E-state index contributed by atoms with van der Waals surface area (Å²) in [5.41, 5.74) is 0.908. The summed E-state index contributed by atoms with van der Waals surface area (Å²) in [5, 5.41) is 45.6. The Balaban J connectivity index is 3.49. The van der Waals surface area contributed by atoms with Crippen LogP contribution in [0.25, 0.3) is 0 Å². The van der Waals surface area contributed by atoms with Gasteiger partial charge in [0.2, 0.25) is 0 Å². The molecule has 0 heterocycles. The lowest BCUT2D eigenvalue weighted by atomic mass is 9.97. The van der Waals surface area contributed by atoms with Crippen LogP contribution in [0.5, 0.6) is 5.75 Å². The molecule has 0 saturated heterocycles. The lowest BCUT2D eigenvalue weighted by Crippen LogP contribution is -2.05. The van der Waals surface area contributed by atoms with Crippen molar-refractivity contribution in [3.63, 3.8) is 0 Å². The number of aliphatic hydroxyl groups excluding tert-OH is 2. The van der Waals surface area contributed by atoms with Gasteiger partial charge in [-0.3, -0.25) is 0 Å². The lowest BCUT2D eigenvalue weighted by Gasteiger charge is -2.17. The molecular formula is C10H14O5. The SMILES string of the molecule is Cc1cc(C(O)O)c(O)c(C(O)O)c1C. The molecule has 0 atom stereocenters. The van der Waals surface area contributed by atoms with Crippen LogP contribution in [0.15, 0.2) is 6.07 Å². The fraction of sp³-hybridized carbons (Fsp3) is 0.400. The lowest BCUT2D eigenvalue weighted by molar-refractivity contribution is -0.0505. The Morgan fingerprint density at radius 2 is 1.53 bits per heavy atom. The van der Waals surface area contributed by atoms with Gasteiger partial charge in [-0.15, -0.1) is 0 Å². The Bertz CT molecular complexity index is 371. The van der Waals surface area contributed by atoms with Crippen molar-refractivity contribution in [1.29, 1.82) is 0 Å². The molecular weight excluding hydrogens is 200 g/mol. The van der Waals surface area contributed by atoms with Crippen LogP contribution in [0.2, 0.25) is 0 Å². The summed E-state index contributed by atoms with van der Waals surface area (Å²) in [7, 11) is 0. The molecule has 0 aromatic heterocycles. The molecule has 0 aliphatic heterocycles. The number of phenolic OH excluding ortho intramolecular Hbond substituents is 1. The Kier molecular flexibility index (Phi) is 3.31. The zero-order valence-corrected chi connectivity index (χ0v) is 8.47. The maximum atomic E-state index is 9.59. The first-order valence-corrected chi connectivity index (χ1v) is 4.41. The Labute approximate surface area is 86.9 Å². The molecule has 5 nitrogen and oxygen atoms in total. The predicted octanol–water partition coefficient (Wildman–Crippen LogP) is -0.0246. The maximum absolute atomic E-state index is 9.59. The van der Waals surface area contributed by atoms with Gasteiger partial charge < -0.3 is 25.5 Å². The molecule has 0 amide bonds. The van der Waals surface area contributed by atoms with Crippen LogP contribution in [0.4, 0.5) is 0 Å². The molecule has 1 rings (SSSR count). The first kappa shape index (κ1) is 11.9. The molecule has 0 spiro atoms. The number of benzene rings is 1. The standard InChI is InChI=1S/C10H14O5/c1-4-3-6(9(12)13)8(11)7(5(4)2)10(14)15/h3,9-15H,1-2H3. The predicted molar refractivity (Wildman–Crippen MR) is 51.9 cm³/mol. The number of phenols is 1.